The Labute approximate surface area is 100.0 Å². The van der Waals surface area contributed by atoms with Crippen LogP contribution in [0.15, 0.2) is 23.4 Å². The van der Waals surface area contributed by atoms with Crippen LogP contribution in [0.5, 0.6) is 0 Å². The Kier molecular flexibility index (Phi) is 2.98. The lowest BCUT2D eigenvalue weighted by molar-refractivity contribution is -0.191. The summed E-state index contributed by atoms with van der Waals surface area (Å²) in [4.78, 5) is 15.4. The van der Waals surface area contributed by atoms with Gasteiger partial charge in [-0.25, -0.2) is 13.6 Å². The molecule has 0 amide bonds. The number of carbonyl (C=O) groups excluding carboxylic acids is 1. The van der Waals surface area contributed by atoms with Crippen LogP contribution in [0.1, 0.15) is 12.0 Å². The molecular formula is C11H8F3NO3. The van der Waals surface area contributed by atoms with Gasteiger partial charge in [0, 0.05) is 11.6 Å². The summed E-state index contributed by atoms with van der Waals surface area (Å²) in [5, 5.41) is 3.32. The third-order valence-corrected chi connectivity index (χ3v) is 2.38. The number of hydrogen-bond donors (Lipinski definition) is 0. The highest BCUT2D eigenvalue weighted by molar-refractivity contribution is 6.04. The van der Waals surface area contributed by atoms with E-state index in [1.165, 1.54) is 0 Å². The average Bonchev–Trinajstić information content (AvgIpc) is 2.71. The maximum absolute atomic E-state index is 13.8. The number of hydrogen-bond acceptors (Lipinski definition) is 4. The summed E-state index contributed by atoms with van der Waals surface area (Å²) in [6.07, 6.45) is -0.567. The molecule has 0 bridgehead atoms. The summed E-state index contributed by atoms with van der Waals surface area (Å²) in [6, 6.07) is 2.60. The highest BCUT2D eigenvalue weighted by Crippen LogP contribution is 2.29. The molecular weight excluding hydrogens is 251 g/mol. The van der Waals surface area contributed by atoms with Gasteiger partial charge in [0.15, 0.2) is 0 Å². The Morgan fingerprint density at radius 3 is 2.56 bits per heavy atom. The lowest BCUT2D eigenvalue weighted by Gasteiger charge is -2.13. The van der Waals surface area contributed by atoms with E-state index >= 15 is 0 Å². The van der Waals surface area contributed by atoms with E-state index in [0.717, 1.165) is 19.2 Å². The molecule has 0 aromatic heterocycles. The lowest BCUT2D eigenvalue weighted by atomic mass is 10.0. The summed E-state index contributed by atoms with van der Waals surface area (Å²) >= 11 is 0. The van der Waals surface area contributed by atoms with Crippen molar-refractivity contribution < 1.29 is 27.5 Å². The summed E-state index contributed by atoms with van der Waals surface area (Å²) in [6.45, 7) is 0. The molecule has 0 aliphatic carbocycles. The number of carbonyl (C=O) groups is 1. The quantitative estimate of drug-likeness (QED) is 0.762. The van der Waals surface area contributed by atoms with Gasteiger partial charge < -0.3 is 9.57 Å². The van der Waals surface area contributed by atoms with Crippen molar-refractivity contribution in [2.24, 2.45) is 5.16 Å². The monoisotopic (exact) mass is 259 g/mol. The number of esters is 1. The van der Waals surface area contributed by atoms with Gasteiger partial charge in [-0.3, -0.25) is 0 Å². The van der Waals surface area contributed by atoms with Crippen molar-refractivity contribution in [2.45, 2.75) is 12.3 Å². The highest BCUT2D eigenvalue weighted by Gasteiger charge is 2.48. The number of methoxy groups -OCH3 is 1. The predicted molar refractivity (Wildman–Crippen MR) is 54.5 cm³/mol. The van der Waals surface area contributed by atoms with Crippen LogP contribution in [-0.2, 0) is 14.4 Å². The smallest absolute Gasteiger partial charge is 0.386 e. The second kappa shape index (κ2) is 4.32. The van der Waals surface area contributed by atoms with Crippen LogP contribution >= 0.6 is 0 Å². The first-order valence-corrected chi connectivity index (χ1v) is 4.93. The van der Waals surface area contributed by atoms with E-state index in [9.17, 15) is 18.0 Å². The molecule has 1 aromatic carbocycles. The fourth-order valence-corrected chi connectivity index (χ4v) is 1.54. The fraction of sp³-hybridized carbons (Fsp3) is 0.273. The van der Waals surface area contributed by atoms with E-state index in [-0.39, 0.29) is 11.3 Å². The SMILES string of the molecule is COC(=O)C1(F)CC(c2cc(F)cc(F)c2)=NO1. The largest absolute Gasteiger partial charge is 0.464 e. The van der Waals surface area contributed by atoms with Crippen LogP contribution in [0.3, 0.4) is 0 Å². The fourth-order valence-electron chi connectivity index (χ4n) is 1.54. The summed E-state index contributed by atoms with van der Waals surface area (Å²) in [5.74, 6) is -5.66. The van der Waals surface area contributed by atoms with E-state index in [0.29, 0.717) is 6.07 Å². The van der Waals surface area contributed by atoms with Gasteiger partial charge in [0.2, 0.25) is 0 Å². The minimum absolute atomic E-state index is 0.0101. The Hall–Kier alpha value is -2.05. The van der Waals surface area contributed by atoms with E-state index < -0.39 is 29.9 Å². The standard InChI is InChI=1S/C11H8F3NO3/c1-17-10(16)11(14)5-9(15-18-11)6-2-7(12)4-8(13)3-6/h2-4H,5H2,1H3. The molecule has 0 saturated carbocycles. The first-order valence-electron chi connectivity index (χ1n) is 4.93. The molecule has 1 aliphatic heterocycles. The molecule has 1 atom stereocenters. The van der Waals surface area contributed by atoms with Crippen LogP contribution in [0.2, 0.25) is 0 Å². The van der Waals surface area contributed by atoms with Crippen LogP contribution in [-0.4, -0.2) is 24.6 Å². The number of rotatable bonds is 2. The minimum atomic E-state index is -2.74. The minimum Gasteiger partial charge on any atom is -0.464 e. The van der Waals surface area contributed by atoms with Crippen LogP contribution < -0.4 is 0 Å². The van der Waals surface area contributed by atoms with Crippen molar-refractivity contribution in [2.75, 3.05) is 7.11 Å². The molecule has 4 nitrogen and oxygen atoms in total. The summed E-state index contributed by atoms with van der Waals surface area (Å²) in [5.41, 5.74) is -0.0581. The van der Waals surface area contributed by atoms with Gasteiger partial charge in [-0.05, 0) is 12.1 Å². The van der Waals surface area contributed by atoms with Gasteiger partial charge in [-0.1, -0.05) is 5.16 Å². The van der Waals surface area contributed by atoms with Crippen molar-refractivity contribution >= 4 is 11.7 Å². The van der Waals surface area contributed by atoms with Crippen LogP contribution in [0, 0.1) is 11.6 Å². The number of halogens is 3. The third kappa shape index (κ3) is 2.15. The summed E-state index contributed by atoms with van der Waals surface area (Å²) < 4.78 is 44.0. The molecule has 96 valence electrons. The molecule has 0 spiro atoms. The molecule has 18 heavy (non-hydrogen) atoms. The molecule has 0 N–H and O–H groups in total. The number of ether oxygens (including phenoxy) is 1. The second-order valence-electron chi connectivity index (χ2n) is 3.68. The maximum Gasteiger partial charge on any atom is 0.386 e. The molecule has 0 fully saturated rings. The van der Waals surface area contributed by atoms with Crippen LogP contribution in [0.4, 0.5) is 13.2 Å². The van der Waals surface area contributed by atoms with Gasteiger partial charge in [0.1, 0.15) is 11.6 Å². The van der Waals surface area contributed by atoms with E-state index in [4.69, 9.17) is 0 Å². The molecule has 0 saturated heterocycles. The molecule has 2 rings (SSSR count). The first-order chi connectivity index (χ1) is 8.44. The number of alkyl halides is 1. The zero-order valence-corrected chi connectivity index (χ0v) is 9.25. The topological polar surface area (TPSA) is 47.9 Å². The third-order valence-electron chi connectivity index (χ3n) is 2.38. The predicted octanol–water partition coefficient (Wildman–Crippen LogP) is 1.93. The first kappa shape index (κ1) is 12.4. The normalized spacial score (nSPS) is 22.3. The van der Waals surface area contributed by atoms with Crippen molar-refractivity contribution in [1.82, 2.24) is 0 Å². The molecule has 1 aromatic rings. The number of oxime groups is 1. The lowest BCUT2D eigenvalue weighted by Crippen LogP contribution is -2.35. The van der Waals surface area contributed by atoms with Gasteiger partial charge in [0.05, 0.1) is 19.2 Å². The zero-order chi connectivity index (χ0) is 13.3. The van der Waals surface area contributed by atoms with E-state index in [1.54, 1.807) is 0 Å². The Balaban J connectivity index is 2.25. The zero-order valence-electron chi connectivity index (χ0n) is 9.25. The van der Waals surface area contributed by atoms with Crippen molar-refractivity contribution in [3.05, 3.63) is 35.4 Å². The average molecular weight is 259 g/mol. The van der Waals surface area contributed by atoms with Crippen molar-refractivity contribution in [1.29, 1.82) is 0 Å². The van der Waals surface area contributed by atoms with Crippen molar-refractivity contribution in [3.63, 3.8) is 0 Å². The summed E-state index contributed by atoms with van der Waals surface area (Å²) in [7, 11) is 0.993. The van der Waals surface area contributed by atoms with Gasteiger partial charge in [0.25, 0.3) is 0 Å². The molecule has 1 aliphatic rings. The second-order valence-corrected chi connectivity index (χ2v) is 3.68. The maximum atomic E-state index is 13.8. The Morgan fingerprint density at radius 2 is 2.00 bits per heavy atom. The van der Waals surface area contributed by atoms with Gasteiger partial charge in [-0.15, -0.1) is 0 Å². The number of nitrogens with zero attached hydrogens (tertiary/aromatic N) is 1. The van der Waals surface area contributed by atoms with Crippen molar-refractivity contribution in [3.8, 4) is 0 Å². The van der Waals surface area contributed by atoms with Gasteiger partial charge in [-0.2, -0.15) is 4.39 Å². The molecule has 0 radical (unpaired) electrons. The number of benzene rings is 1. The Bertz CT molecular complexity index is 512. The highest BCUT2D eigenvalue weighted by atomic mass is 19.2. The van der Waals surface area contributed by atoms with E-state index in [1.807, 2.05) is 0 Å². The molecule has 7 heteroatoms. The van der Waals surface area contributed by atoms with E-state index in [2.05, 4.69) is 14.7 Å². The van der Waals surface area contributed by atoms with Gasteiger partial charge >= 0.3 is 11.8 Å². The molecule has 1 heterocycles. The Morgan fingerprint density at radius 1 is 1.39 bits per heavy atom. The molecule has 1 unspecified atom stereocenters. The van der Waals surface area contributed by atoms with Crippen LogP contribution in [0.25, 0.3) is 0 Å².